The maximum absolute atomic E-state index is 12.2. The van der Waals surface area contributed by atoms with Gasteiger partial charge in [-0.25, -0.2) is 9.59 Å². The zero-order chi connectivity index (χ0) is 17.5. The summed E-state index contributed by atoms with van der Waals surface area (Å²) in [5.41, 5.74) is 1.86. The van der Waals surface area contributed by atoms with Gasteiger partial charge in [0.05, 0.1) is 5.69 Å². The van der Waals surface area contributed by atoms with Crippen molar-refractivity contribution in [2.24, 2.45) is 0 Å². The van der Waals surface area contributed by atoms with Crippen LogP contribution in [0.25, 0.3) is 0 Å². The molecule has 24 heavy (non-hydrogen) atoms. The topological polar surface area (TPSA) is 74.4 Å². The molecule has 0 radical (unpaired) electrons. The standard InChI is InChI=1S/C18H23N3O3/c1-4-19-18(23)21(13(2)3)15-10-16(20-11-15)17(22)24-12-14-8-6-5-7-9-14/h5-11,13,20H,4,12H2,1-3H3,(H,19,23). The molecule has 0 spiro atoms. The van der Waals surface area contributed by atoms with Crippen LogP contribution in [-0.4, -0.2) is 29.6 Å². The van der Waals surface area contributed by atoms with E-state index < -0.39 is 5.97 Å². The number of ether oxygens (including phenoxy) is 1. The second-order valence-corrected chi connectivity index (χ2v) is 5.63. The Hall–Kier alpha value is -2.76. The van der Waals surface area contributed by atoms with Crippen molar-refractivity contribution in [3.05, 3.63) is 53.9 Å². The number of amides is 2. The third kappa shape index (κ3) is 4.38. The quantitative estimate of drug-likeness (QED) is 0.798. The Balaban J connectivity index is 2.05. The van der Waals surface area contributed by atoms with Gasteiger partial charge in [0.1, 0.15) is 12.3 Å². The average Bonchev–Trinajstić information content (AvgIpc) is 3.03. The van der Waals surface area contributed by atoms with E-state index in [4.69, 9.17) is 4.74 Å². The molecule has 0 atom stereocenters. The minimum Gasteiger partial charge on any atom is -0.456 e. The highest BCUT2D eigenvalue weighted by molar-refractivity contribution is 5.95. The van der Waals surface area contributed by atoms with Gasteiger partial charge in [0.15, 0.2) is 0 Å². The van der Waals surface area contributed by atoms with Gasteiger partial charge in [0, 0.05) is 18.8 Å². The number of aromatic nitrogens is 1. The normalized spacial score (nSPS) is 10.5. The number of urea groups is 1. The molecule has 2 aromatic rings. The minimum atomic E-state index is -0.454. The molecule has 6 nitrogen and oxygen atoms in total. The molecule has 0 aliphatic rings. The lowest BCUT2D eigenvalue weighted by Crippen LogP contribution is -2.44. The summed E-state index contributed by atoms with van der Waals surface area (Å²) in [6.45, 7) is 6.43. The predicted molar refractivity (Wildman–Crippen MR) is 93.0 cm³/mol. The third-order valence-electron chi connectivity index (χ3n) is 3.44. The van der Waals surface area contributed by atoms with Gasteiger partial charge >= 0.3 is 12.0 Å². The molecule has 0 bridgehead atoms. The molecular weight excluding hydrogens is 306 g/mol. The van der Waals surface area contributed by atoms with Crippen LogP contribution in [0.2, 0.25) is 0 Å². The molecule has 1 heterocycles. The average molecular weight is 329 g/mol. The van der Waals surface area contributed by atoms with E-state index in [1.807, 2.05) is 51.1 Å². The molecule has 128 valence electrons. The third-order valence-corrected chi connectivity index (χ3v) is 3.44. The van der Waals surface area contributed by atoms with Crippen LogP contribution < -0.4 is 10.2 Å². The van der Waals surface area contributed by atoms with Crippen molar-refractivity contribution in [1.82, 2.24) is 10.3 Å². The smallest absolute Gasteiger partial charge is 0.355 e. The molecule has 1 aromatic heterocycles. The molecule has 6 heteroatoms. The molecule has 2 N–H and O–H groups in total. The van der Waals surface area contributed by atoms with Gasteiger partial charge in [-0.2, -0.15) is 0 Å². The second-order valence-electron chi connectivity index (χ2n) is 5.63. The summed E-state index contributed by atoms with van der Waals surface area (Å²) in [6, 6.07) is 10.9. The van der Waals surface area contributed by atoms with E-state index in [1.165, 1.54) is 0 Å². The highest BCUT2D eigenvalue weighted by Gasteiger charge is 2.21. The van der Waals surface area contributed by atoms with Crippen molar-refractivity contribution < 1.29 is 14.3 Å². The number of hydrogen-bond donors (Lipinski definition) is 2. The molecule has 2 amide bonds. The number of nitrogens with zero attached hydrogens (tertiary/aromatic N) is 1. The Labute approximate surface area is 141 Å². The van der Waals surface area contributed by atoms with Crippen LogP contribution in [0.3, 0.4) is 0 Å². The van der Waals surface area contributed by atoms with Crippen molar-refractivity contribution in [3.63, 3.8) is 0 Å². The minimum absolute atomic E-state index is 0.0412. The van der Waals surface area contributed by atoms with Gasteiger partial charge in [0.25, 0.3) is 0 Å². The first-order chi connectivity index (χ1) is 11.5. The van der Waals surface area contributed by atoms with Crippen molar-refractivity contribution in [2.75, 3.05) is 11.4 Å². The maximum Gasteiger partial charge on any atom is 0.355 e. The fourth-order valence-corrected chi connectivity index (χ4v) is 2.33. The predicted octanol–water partition coefficient (Wildman–Crippen LogP) is 3.32. The lowest BCUT2D eigenvalue weighted by molar-refractivity contribution is 0.0466. The number of benzene rings is 1. The first-order valence-electron chi connectivity index (χ1n) is 7.99. The van der Waals surface area contributed by atoms with Gasteiger partial charge in [-0.1, -0.05) is 30.3 Å². The van der Waals surface area contributed by atoms with Crippen molar-refractivity contribution >= 4 is 17.7 Å². The van der Waals surface area contributed by atoms with Crippen LogP contribution in [0.15, 0.2) is 42.6 Å². The number of hydrogen-bond acceptors (Lipinski definition) is 3. The van der Waals surface area contributed by atoms with Crippen molar-refractivity contribution in [1.29, 1.82) is 0 Å². The monoisotopic (exact) mass is 329 g/mol. The molecular formula is C18H23N3O3. The van der Waals surface area contributed by atoms with E-state index in [0.29, 0.717) is 17.9 Å². The van der Waals surface area contributed by atoms with Crippen molar-refractivity contribution in [2.45, 2.75) is 33.4 Å². The number of esters is 1. The highest BCUT2D eigenvalue weighted by atomic mass is 16.5. The van der Waals surface area contributed by atoms with E-state index in [2.05, 4.69) is 10.3 Å². The summed E-state index contributed by atoms with van der Waals surface area (Å²) in [4.78, 5) is 28.8. The molecule has 0 saturated carbocycles. The number of anilines is 1. The summed E-state index contributed by atoms with van der Waals surface area (Å²) in [5.74, 6) is -0.454. The molecule has 0 unspecified atom stereocenters. The fraction of sp³-hybridized carbons (Fsp3) is 0.333. The van der Waals surface area contributed by atoms with Crippen LogP contribution in [0, 0.1) is 0 Å². The van der Waals surface area contributed by atoms with Crippen LogP contribution >= 0.6 is 0 Å². The van der Waals surface area contributed by atoms with E-state index in [-0.39, 0.29) is 18.7 Å². The molecule has 0 fully saturated rings. The lowest BCUT2D eigenvalue weighted by Gasteiger charge is -2.25. The molecule has 0 saturated heterocycles. The summed E-state index contributed by atoms with van der Waals surface area (Å²) in [7, 11) is 0. The summed E-state index contributed by atoms with van der Waals surface area (Å²) >= 11 is 0. The number of carbonyl (C=O) groups excluding carboxylic acids is 2. The van der Waals surface area contributed by atoms with Crippen LogP contribution in [0.5, 0.6) is 0 Å². The Kier molecular flexibility index (Phi) is 6.01. The number of aromatic amines is 1. The fourth-order valence-electron chi connectivity index (χ4n) is 2.33. The number of nitrogens with one attached hydrogen (secondary N) is 2. The van der Waals surface area contributed by atoms with E-state index in [9.17, 15) is 9.59 Å². The Bertz CT molecular complexity index is 680. The molecule has 0 aliphatic heterocycles. The Morgan fingerprint density at radius 2 is 1.96 bits per heavy atom. The number of rotatable bonds is 6. The first kappa shape index (κ1) is 17.6. The van der Waals surface area contributed by atoms with E-state index in [1.54, 1.807) is 17.2 Å². The van der Waals surface area contributed by atoms with Gasteiger partial charge in [-0.05, 0) is 32.4 Å². The van der Waals surface area contributed by atoms with E-state index in [0.717, 1.165) is 5.56 Å². The molecule has 1 aromatic carbocycles. The van der Waals surface area contributed by atoms with Gasteiger partial charge in [0.2, 0.25) is 0 Å². The SMILES string of the molecule is CCNC(=O)N(c1c[nH]c(C(=O)OCc2ccccc2)c1)C(C)C. The van der Waals surface area contributed by atoms with Gasteiger partial charge < -0.3 is 15.0 Å². The second kappa shape index (κ2) is 8.19. The molecule has 2 rings (SSSR count). The lowest BCUT2D eigenvalue weighted by atomic mass is 10.2. The molecule has 0 aliphatic carbocycles. The zero-order valence-electron chi connectivity index (χ0n) is 14.2. The highest BCUT2D eigenvalue weighted by Crippen LogP contribution is 2.19. The van der Waals surface area contributed by atoms with Crippen LogP contribution in [0.4, 0.5) is 10.5 Å². The van der Waals surface area contributed by atoms with Crippen LogP contribution in [0.1, 0.15) is 36.8 Å². The van der Waals surface area contributed by atoms with Gasteiger partial charge in [-0.3, -0.25) is 4.90 Å². The van der Waals surface area contributed by atoms with Crippen LogP contribution in [-0.2, 0) is 11.3 Å². The number of carbonyl (C=O) groups is 2. The summed E-state index contributed by atoms with van der Waals surface area (Å²) in [5, 5.41) is 2.77. The zero-order valence-corrected chi connectivity index (χ0v) is 14.2. The maximum atomic E-state index is 12.2. The Morgan fingerprint density at radius 3 is 2.58 bits per heavy atom. The van der Waals surface area contributed by atoms with Gasteiger partial charge in [-0.15, -0.1) is 0 Å². The summed E-state index contributed by atoms with van der Waals surface area (Å²) in [6.07, 6.45) is 1.63. The Morgan fingerprint density at radius 1 is 1.25 bits per heavy atom. The van der Waals surface area contributed by atoms with E-state index >= 15 is 0 Å². The number of H-pyrrole nitrogens is 1. The first-order valence-corrected chi connectivity index (χ1v) is 7.99. The summed E-state index contributed by atoms with van der Waals surface area (Å²) < 4.78 is 5.29. The van der Waals surface area contributed by atoms with Crippen molar-refractivity contribution in [3.8, 4) is 0 Å². The largest absolute Gasteiger partial charge is 0.456 e.